The van der Waals surface area contributed by atoms with Crippen molar-refractivity contribution in [2.24, 2.45) is 5.92 Å². The molecular formula is C35H39N5S. The first-order valence-corrected chi connectivity index (χ1v) is 15.1. The number of aromatic amines is 2. The van der Waals surface area contributed by atoms with E-state index in [1.165, 1.54) is 28.7 Å². The maximum atomic E-state index is 4.62. The van der Waals surface area contributed by atoms with Gasteiger partial charge in [0.05, 0.1) is 11.0 Å². The maximum absolute atomic E-state index is 4.62. The molecule has 1 aliphatic heterocycles. The molecule has 0 radical (unpaired) electrons. The summed E-state index contributed by atoms with van der Waals surface area (Å²) in [4.78, 5) is 4.79. The average Bonchev–Trinajstić information content (AvgIpc) is 3.74. The number of nitrogens with one attached hydrogen (secondary N) is 4. The van der Waals surface area contributed by atoms with Gasteiger partial charge in [-0.1, -0.05) is 50.1 Å². The molecule has 6 heteroatoms. The van der Waals surface area contributed by atoms with Crippen LogP contribution in [0.3, 0.4) is 0 Å². The summed E-state index contributed by atoms with van der Waals surface area (Å²) in [6.45, 7) is 19.0. The molecule has 4 aromatic rings. The summed E-state index contributed by atoms with van der Waals surface area (Å²) in [5.74, 6) is 0.684. The molecule has 1 fully saturated rings. The van der Waals surface area contributed by atoms with Crippen molar-refractivity contribution in [3.05, 3.63) is 112 Å². The molecule has 0 unspecified atom stereocenters. The smallest absolute Gasteiger partial charge is 0.116 e. The summed E-state index contributed by atoms with van der Waals surface area (Å²) in [6.07, 6.45) is 13.6. The number of H-pyrrole nitrogens is 2. The van der Waals surface area contributed by atoms with Gasteiger partial charge in [-0.25, -0.2) is 0 Å². The Balaban J connectivity index is 1.34. The van der Waals surface area contributed by atoms with Crippen LogP contribution in [0.5, 0.6) is 0 Å². The van der Waals surface area contributed by atoms with Crippen LogP contribution in [0.25, 0.3) is 45.4 Å². The fourth-order valence-electron chi connectivity index (χ4n) is 5.40. The van der Waals surface area contributed by atoms with Gasteiger partial charge in [0.25, 0.3) is 0 Å². The van der Waals surface area contributed by atoms with Gasteiger partial charge in [-0.3, -0.25) is 5.10 Å². The van der Waals surface area contributed by atoms with Crippen molar-refractivity contribution in [1.82, 2.24) is 25.8 Å². The Kier molecular flexibility index (Phi) is 9.02. The van der Waals surface area contributed by atoms with E-state index in [1.54, 1.807) is 11.3 Å². The van der Waals surface area contributed by atoms with Crippen LogP contribution in [0.4, 0.5) is 0 Å². The molecule has 4 N–H and O–H groups in total. The van der Waals surface area contributed by atoms with E-state index in [9.17, 15) is 0 Å². The van der Waals surface area contributed by atoms with Crippen LogP contribution >= 0.6 is 11.3 Å². The summed E-state index contributed by atoms with van der Waals surface area (Å²) in [7, 11) is 0. The third kappa shape index (κ3) is 6.62. The van der Waals surface area contributed by atoms with Gasteiger partial charge < -0.3 is 15.6 Å². The monoisotopic (exact) mass is 561 g/mol. The Hall–Kier alpha value is -4.13. The van der Waals surface area contributed by atoms with Crippen LogP contribution in [0, 0.1) is 5.92 Å². The van der Waals surface area contributed by atoms with Crippen molar-refractivity contribution in [1.29, 1.82) is 0 Å². The Morgan fingerprint density at radius 1 is 1.20 bits per heavy atom. The SMILES string of the molecule is C=C\C(=C/C(=C\C)C(/C)=C/C=c1/[nH]nc(-c2cc3c(-c4cccs4)cccc3[nH]2)c1=C)NC(=C)CC1CCNCC1. The Morgan fingerprint density at radius 3 is 2.76 bits per heavy atom. The zero-order valence-corrected chi connectivity index (χ0v) is 24.8. The molecule has 0 atom stereocenters. The number of thiophene rings is 1. The molecule has 210 valence electrons. The van der Waals surface area contributed by atoms with Crippen LogP contribution in [-0.2, 0) is 0 Å². The normalized spacial score (nSPS) is 16.0. The van der Waals surface area contributed by atoms with Crippen LogP contribution < -0.4 is 21.2 Å². The molecule has 3 aromatic heterocycles. The number of hydrogen-bond acceptors (Lipinski definition) is 4. The zero-order chi connectivity index (χ0) is 28.8. The summed E-state index contributed by atoms with van der Waals surface area (Å²) >= 11 is 1.75. The number of nitrogens with zero attached hydrogens (tertiary/aromatic N) is 1. The Bertz CT molecular complexity index is 1740. The quantitative estimate of drug-likeness (QED) is 0.159. The molecule has 0 spiro atoms. The lowest BCUT2D eigenvalue weighted by atomic mass is 9.93. The number of aromatic nitrogens is 3. The number of rotatable bonds is 10. The lowest BCUT2D eigenvalue weighted by Crippen LogP contribution is -2.28. The minimum Gasteiger partial charge on any atom is -0.359 e. The Morgan fingerprint density at radius 2 is 2.02 bits per heavy atom. The van der Waals surface area contributed by atoms with Crippen molar-refractivity contribution >= 4 is 34.9 Å². The van der Waals surface area contributed by atoms with Crippen LogP contribution in [0.2, 0.25) is 0 Å². The molecule has 1 saturated heterocycles. The van der Waals surface area contributed by atoms with E-state index in [2.05, 4.69) is 119 Å². The number of fused-ring (bicyclic) bond motifs is 1. The van der Waals surface area contributed by atoms with Gasteiger partial charge in [0.2, 0.25) is 0 Å². The van der Waals surface area contributed by atoms with Crippen molar-refractivity contribution in [2.75, 3.05) is 13.1 Å². The first kappa shape index (κ1) is 28.4. The predicted molar refractivity (Wildman–Crippen MR) is 177 cm³/mol. The fraction of sp³-hybridized carbons (Fsp3) is 0.229. The lowest BCUT2D eigenvalue weighted by Gasteiger charge is -2.24. The number of hydrogen-bond donors (Lipinski definition) is 4. The van der Waals surface area contributed by atoms with Crippen molar-refractivity contribution in [2.45, 2.75) is 33.1 Å². The number of allylic oxidation sites excluding steroid dienone is 7. The van der Waals surface area contributed by atoms with Gasteiger partial charge in [0, 0.05) is 38.0 Å². The van der Waals surface area contributed by atoms with E-state index in [0.717, 1.165) is 69.5 Å². The standard InChI is InChI=1S/C35H39N5S/c1-6-27(21-28(7-2)37-24(4)20-26-15-17-36-18-16-26)23(3)13-14-31-25(5)35(40-39-31)33-22-30-29(34-12-9-19-41-34)10-8-11-32(30)38-33/h6-14,19,21-22,26,36-39H,2,4-5,15-18,20H2,1,3H3/b23-13+,27-6+,28-21+,31-14+. The van der Waals surface area contributed by atoms with Gasteiger partial charge in [0.15, 0.2) is 0 Å². The molecule has 5 rings (SSSR count). The molecule has 1 aliphatic rings. The molecule has 0 amide bonds. The summed E-state index contributed by atoms with van der Waals surface area (Å²) < 4.78 is 0. The zero-order valence-electron chi connectivity index (χ0n) is 24.0. The van der Waals surface area contributed by atoms with E-state index < -0.39 is 0 Å². The largest absolute Gasteiger partial charge is 0.359 e. The number of piperidine rings is 1. The first-order chi connectivity index (χ1) is 20.0. The minimum atomic E-state index is 0.684. The second-order valence-corrected chi connectivity index (χ2v) is 11.5. The molecule has 5 nitrogen and oxygen atoms in total. The van der Waals surface area contributed by atoms with Gasteiger partial charge >= 0.3 is 0 Å². The molecule has 0 aliphatic carbocycles. The van der Waals surface area contributed by atoms with Crippen molar-refractivity contribution in [3.63, 3.8) is 0 Å². The molecule has 0 saturated carbocycles. The highest BCUT2D eigenvalue weighted by Gasteiger charge is 2.14. The van der Waals surface area contributed by atoms with E-state index in [-0.39, 0.29) is 0 Å². The Labute approximate surface area is 246 Å². The van der Waals surface area contributed by atoms with E-state index >= 15 is 0 Å². The van der Waals surface area contributed by atoms with E-state index in [0.29, 0.717) is 5.92 Å². The summed E-state index contributed by atoms with van der Waals surface area (Å²) in [6, 6.07) is 12.8. The van der Waals surface area contributed by atoms with Gasteiger partial charge in [-0.05, 0) is 105 Å². The second-order valence-electron chi connectivity index (χ2n) is 10.6. The van der Waals surface area contributed by atoms with Gasteiger partial charge in [-0.15, -0.1) is 11.3 Å². The average molecular weight is 562 g/mol. The third-order valence-electron chi connectivity index (χ3n) is 7.72. The summed E-state index contributed by atoms with van der Waals surface area (Å²) in [5.41, 5.74) is 8.32. The predicted octanol–water partition coefficient (Wildman–Crippen LogP) is 6.93. The van der Waals surface area contributed by atoms with Crippen molar-refractivity contribution in [3.8, 4) is 21.8 Å². The van der Waals surface area contributed by atoms with Crippen molar-refractivity contribution < 1.29 is 0 Å². The lowest BCUT2D eigenvalue weighted by molar-refractivity contribution is 0.368. The minimum absolute atomic E-state index is 0.684. The molecule has 41 heavy (non-hydrogen) atoms. The number of benzene rings is 1. The second kappa shape index (κ2) is 13.0. The topological polar surface area (TPSA) is 68.5 Å². The molecular weight excluding hydrogens is 522 g/mol. The van der Waals surface area contributed by atoms with E-state index in [1.807, 2.05) is 12.2 Å². The van der Waals surface area contributed by atoms with Crippen LogP contribution in [-0.4, -0.2) is 28.3 Å². The highest BCUT2D eigenvalue weighted by molar-refractivity contribution is 7.13. The molecule has 0 bridgehead atoms. The molecule has 4 heterocycles. The highest BCUT2D eigenvalue weighted by Crippen LogP contribution is 2.33. The highest BCUT2D eigenvalue weighted by atomic mass is 32.1. The van der Waals surface area contributed by atoms with E-state index in [4.69, 9.17) is 0 Å². The maximum Gasteiger partial charge on any atom is 0.116 e. The molecule has 1 aromatic carbocycles. The van der Waals surface area contributed by atoms with Crippen LogP contribution in [0.15, 0.2) is 102 Å². The van der Waals surface area contributed by atoms with Gasteiger partial charge in [-0.2, -0.15) is 5.10 Å². The first-order valence-electron chi connectivity index (χ1n) is 14.2. The third-order valence-corrected chi connectivity index (χ3v) is 8.62. The van der Waals surface area contributed by atoms with Crippen LogP contribution in [0.1, 0.15) is 33.1 Å². The fourth-order valence-corrected chi connectivity index (χ4v) is 6.17. The summed E-state index contributed by atoms with van der Waals surface area (Å²) in [5, 5.41) is 19.7. The van der Waals surface area contributed by atoms with Gasteiger partial charge in [0.1, 0.15) is 5.69 Å².